The summed E-state index contributed by atoms with van der Waals surface area (Å²) >= 11 is 0. The molecule has 23 heavy (non-hydrogen) atoms. The van der Waals surface area contributed by atoms with Gasteiger partial charge in [0, 0.05) is 12.1 Å². The molecule has 0 unspecified atom stereocenters. The summed E-state index contributed by atoms with van der Waals surface area (Å²) in [5.74, 6) is 0.556. The van der Waals surface area contributed by atoms with Crippen LogP contribution in [0.25, 0.3) is 16.8 Å². The van der Waals surface area contributed by atoms with Crippen molar-refractivity contribution in [2.75, 3.05) is 19.8 Å². The van der Waals surface area contributed by atoms with Gasteiger partial charge in [-0.2, -0.15) is 4.98 Å². The van der Waals surface area contributed by atoms with Crippen LogP contribution in [-0.2, 0) is 4.74 Å². The number of hydrogen-bond acceptors (Lipinski definition) is 7. The molecule has 0 fully saturated rings. The maximum atomic E-state index is 12.1. The molecule has 1 aliphatic rings. The molecular formula is C14H12N4O5. The first-order valence-electron chi connectivity index (χ1n) is 7.06. The predicted molar refractivity (Wildman–Crippen MR) is 78.1 cm³/mol. The normalized spacial score (nSPS) is 13.4. The first-order valence-corrected chi connectivity index (χ1v) is 7.06. The number of benzene rings is 1. The molecule has 0 saturated heterocycles. The molecule has 2 aromatic heterocycles. The molecule has 1 aromatic carbocycles. The van der Waals surface area contributed by atoms with Crippen LogP contribution in [0.1, 0.15) is 17.4 Å². The first-order chi connectivity index (χ1) is 11.2. The van der Waals surface area contributed by atoms with Crippen molar-refractivity contribution in [3.8, 4) is 11.5 Å². The molecule has 0 bridgehead atoms. The maximum absolute atomic E-state index is 12.1. The van der Waals surface area contributed by atoms with Gasteiger partial charge in [0.2, 0.25) is 5.69 Å². The van der Waals surface area contributed by atoms with Gasteiger partial charge in [-0.3, -0.25) is 9.89 Å². The fourth-order valence-electron chi connectivity index (χ4n) is 2.43. The number of imidazole rings is 1. The number of hydrogen-bond donors (Lipinski definition) is 1. The lowest BCUT2D eigenvalue weighted by Crippen LogP contribution is -2.24. The highest BCUT2D eigenvalue weighted by Crippen LogP contribution is 2.34. The van der Waals surface area contributed by atoms with E-state index < -0.39 is 11.5 Å². The Balaban J connectivity index is 1.95. The second-order valence-electron chi connectivity index (χ2n) is 4.85. The molecular weight excluding hydrogens is 304 g/mol. The molecule has 0 atom stereocenters. The van der Waals surface area contributed by atoms with Gasteiger partial charge in [0.25, 0.3) is 11.3 Å². The number of H-pyrrole nitrogens is 1. The molecule has 1 N–H and O–H groups in total. The minimum absolute atomic E-state index is 0.156. The summed E-state index contributed by atoms with van der Waals surface area (Å²) in [4.78, 5) is 32.1. The predicted octanol–water partition coefficient (Wildman–Crippen LogP) is 0.519. The number of ether oxygens (including phenoxy) is 3. The van der Waals surface area contributed by atoms with Gasteiger partial charge < -0.3 is 14.2 Å². The Morgan fingerprint density at radius 1 is 1.30 bits per heavy atom. The average molecular weight is 316 g/mol. The van der Waals surface area contributed by atoms with Crippen molar-refractivity contribution in [2.24, 2.45) is 0 Å². The standard InChI is InChI=1S/C14H12N4O5/c1-2-21-13(20)11-12(19)17-18-8-6-10-9(22-3-4-23-10)5-7(8)15-14(18)16-11/h5-6H,2-4H2,1H3,(H,17,19). The zero-order valence-corrected chi connectivity index (χ0v) is 12.2. The fraction of sp³-hybridized carbons (Fsp3) is 0.286. The zero-order chi connectivity index (χ0) is 16.0. The molecule has 3 aromatic rings. The molecule has 9 heteroatoms. The van der Waals surface area contributed by atoms with Crippen molar-refractivity contribution in [1.82, 2.24) is 19.6 Å². The molecule has 118 valence electrons. The lowest BCUT2D eigenvalue weighted by atomic mass is 10.2. The number of aromatic amines is 1. The highest BCUT2D eigenvalue weighted by atomic mass is 16.6. The Kier molecular flexibility index (Phi) is 2.93. The van der Waals surface area contributed by atoms with Gasteiger partial charge in [0.15, 0.2) is 11.5 Å². The van der Waals surface area contributed by atoms with Crippen LogP contribution in [0.4, 0.5) is 0 Å². The van der Waals surface area contributed by atoms with Crippen LogP contribution in [0.5, 0.6) is 11.5 Å². The molecule has 4 rings (SSSR count). The summed E-state index contributed by atoms with van der Waals surface area (Å²) in [7, 11) is 0. The van der Waals surface area contributed by atoms with Crippen LogP contribution in [0.2, 0.25) is 0 Å². The number of esters is 1. The number of aromatic nitrogens is 4. The van der Waals surface area contributed by atoms with Crippen molar-refractivity contribution in [2.45, 2.75) is 6.92 Å². The second kappa shape index (κ2) is 4.97. The van der Waals surface area contributed by atoms with E-state index in [4.69, 9.17) is 14.2 Å². The van der Waals surface area contributed by atoms with Crippen LogP contribution in [0, 0.1) is 0 Å². The lowest BCUT2D eigenvalue weighted by molar-refractivity contribution is 0.0517. The van der Waals surface area contributed by atoms with E-state index in [2.05, 4.69) is 15.1 Å². The maximum Gasteiger partial charge on any atom is 0.362 e. The van der Waals surface area contributed by atoms with E-state index in [1.54, 1.807) is 19.1 Å². The van der Waals surface area contributed by atoms with Crippen molar-refractivity contribution < 1.29 is 19.0 Å². The fourth-order valence-corrected chi connectivity index (χ4v) is 2.43. The molecule has 3 heterocycles. The second-order valence-corrected chi connectivity index (χ2v) is 4.85. The van der Waals surface area contributed by atoms with Crippen molar-refractivity contribution in [1.29, 1.82) is 0 Å². The number of carbonyl (C=O) groups is 1. The molecule has 0 spiro atoms. The zero-order valence-electron chi connectivity index (χ0n) is 12.2. The topological polar surface area (TPSA) is 108 Å². The number of carbonyl (C=O) groups excluding carboxylic acids is 1. The van der Waals surface area contributed by atoms with Crippen LogP contribution in [-0.4, -0.2) is 45.4 Å². The third-order valence-electron chi connectivity index (χ3n) is 3.41. The first kappa shape index (κ1) is 13.6. The van der Waals surface area contributed by atoms with E-state index in [-0.39, 0.29) is 18.1 Å². The Morgan fingerprint density at radius 3 is 2.78 bits per heavy atom. The number of fused-ring (bicyclic) bond motifs is 4. The molecule has 0 radical (unpaired) electrons. The van der Waals surface area contributed by atoms with Gasteiger partial charge in [0.1, 0.15) is 13.2 Å². The Hall–Kier alpha value is -3.10. The summed E-state index contributed by atoms with van der Waals surface area (Å²) in [5.41, 5.74) is 0.194. The summed E-state index contributed by atoms with van der Waals surface area (Å²) in [6.07, 6.45) is 0. The molecule has 0 amide bonds. The monoisotopic (exact) mass is 316 g/mol. The molecule has 0 saturated carbocycles. The van der Waals surface area contributed by atoms with Crippen molar-refractivity contribution in [3.05, 3.63) is 28.2 Å². The number of rotatable bonds is 2. The molecule has 0 aliphatic carbocycles. The summed E-state index contributed by atoms with van der Waals surface area (Å²) in [5, 5.41) is 2.57. The largest absolute Gasteiger partial charge is 0.486 e. The third-order valence-corrected chi connectivity index (χ3v) is 3.41. The Labute approximate surface area is 128 Å². The van der Waals surface area contributed by atoms with Crippen molar-refractivity contribution in [3.63, 3.8) is 0 Å². The van der Waals surface area contributed by atoms with Crippen LogP contribution >= 0.6 is 0 Å². The SMILES string of the molecule is CCOC(=O)c1nc2nc3cc4c(cc3n2[nH]c1=O)OCCO4. The van der Waals surface area contributed by atoms with E-state index >= 15 is 0 Å². The van der Waals surface area contributed by atoms with E-state index in [0.29, 0.717) is 35.7 Å². The smallest absolute Gasteiger partial charge is 0.362 e. The lowest BCUT2D eigenvalue weighted by Gasteiger charge is -2.17. The summed E-state index contributed by atoms with van der Waals surface area (Å²) in [6.45, 7) is 2.73. The van der Waals surface area contributed by atoms with E-state index in [1.807, 2.05) is 0 Å². The summed E-state index contributed by atoms with van der Waals surface area (Å²) in [6, 6.07) is 3.42. The van der Waals surface area contributed by atoms with E-state index in [1.165, 1.54) is 4.52 Å². The van der Waals surface area contributed by atoms with Gasteiger partial charge in [-0.1, -0.05) is 0 Å². The van der Waals surface area contributed by atoms with Crippen LogP contribution < -0.4 is 15.0 Å². The minimum atomic E-state index is -0.783. The molecule has 9 nitrogen and oxygen atoms in total. The average Bonchev–Trinajstić information content (AvgIpc) is 2.88. The Morgan fingerprint density at radius 2 is 2.04 bits per heavy atom. The number of nitrogens with zero attached hydrogens (tertiary/aromatic N) is 3. The van der Waals surface area contributed by atoms with Crippen molar-refractivity contribution >= 4 is 22.8 Å². The Bertz CT molecular complexity index is 990. The summed E-state index contributed by atoms with van der Waals surface area (Å²) < 4.78 is 17.2. The third kappa shape index (κ3) is 2.08. The molecule has 1 aliphatic heterocycles. The minimum Gasteiger partial charge on any atom is -0.486 e. The van der Waals surface area contributed by atoms with E-state index in [9.17, 15) is 9.59 Å². The highest BCUT2D eigenvalue weighted by molar-refractivity contribution is 5.88. The van der Waals surface area contributed by atoms with Crippen LogP contribution in [0.3, 0.4) is 0 Å². The highest BCUT2D eigenvalue weighted by Gasteiger charge is 2.20. The number of nitrogens with one attached hydrogen (secondary N) is 1. The van der Waals surface area contributed by atoms with Gasteiger partial charge in [0.05, 0.1) is 17.6 Å². The van der Waals surface area contributed by atoms with Crippen LogP contribution in [0.15, 0.2) is 16.9 Å². The van der Waals surface area contributed by atoms with E-state index in [0.717, 1.165) is 0 Å². The quantitative estimate of drug-likeness (QED) is 0.687. The van der Waals surface area contributed by atoms with Gasteiger partial charge >= 0.3 is 5.97 Å². The van der Waals surface area contributed by atoms with Gasteiger partial charge in [-0.15, -0.1) is 0 Å². The van der Waals surface area contributed by atoms with Gasteiger partial charge in [-0.25, -0.2) is 14.3 Å². The van der Waals surface area contributed by atoms with Gasteiger partial charge in [-0.05, 0) is 6.92 Å².